The van der Waals surface area contributed by atoms with Crippen LogP contribution in [0.4, 0.5) is 14.6 Å². The molecule has 0 saturated carbocycles. The summed E-state index contributed by atoms with van der Waals surface area (Å²) >= 11 is 0. The highest BCUT2D eigenvalue weighted by Gasteiger charge is 2.38. The SMILES string of the molecule is C=CCOC1(C)CCN(c2c([C@H](OC(C)(C)C)C(=O)OC)c(C)nc3cc(-c4ccc(F)c(-c5ccc(F)cc5O[C@@H](C)CC=C)c4)nn23)CC1. The number of piperidine rings is 1. The van der Waals surface area contributed by atoms with E-state index in [9.17, 15) is 9.18 Å². The van der Waals surface area contributed by atoms with Crippen LogP contribution in [-0.2, 0) is 19.0 Å². The zero-order valence-electron chi connectivity index (χ0n) is 30.6. The first-order valence-corrected chi connectivity index (χ1v) is 17.2. The minimum atomic E-state index is -1.09. The summed E-state index contributed by atoms with van der Waals surface area (Å²) < 4.78 is 55.4. The first-order valence-electron chi connectivity index (χ1n) is 17.2. The molecule has 0 amide bonds. The fourth-order valence-corrected chi connectivity index (χ4v) is 6.36. The van der Waals surface area contributed by atoms with Gasteiger partial charge in [0.1, 0.15) is 23.2 Å². The van der Waals surface area contributed by atoms with Gasteiger partial charge >= 0.3 is 5.97 Å². The second-order valence-corrected chi connectivity index (χ2v) is 14.2. The Kier molecular flexibility index (Phi) is 11.3. The standard InChI is InChI=1S/C40H48F2N4O5/c1-10-12-25(3)50-33-23-28(41)14-15-29(33)30-22-27(13-16-31(30)42)32-24-34-43-26(4)35(36(38(47)48-9)51-39(5,6)7)37(46(34)44-32)45-19-17-40(8,18-20-45)49-21-11-2/h10-11,13-16,22-25,36H,1-2,12,17-21H2,3-9H3/t25-,36-/m0/s1. The van der Waals surface area contributed by atoms with Crippen LogP contribution >= 0.6 is 0 Å². The van der Waals surface area contributed by atoms with E-state index in [-0.39, 0.29) is 23.0 Å². The zero-order valence-corrected chi connectivity index (χ0v) is 30.6. The molecule has 2 aromatic heterocycles. The number of aryl methyl sites for hydroxylation is 1. The quantitative estimate of drug-likeness (QED) is 0.101. The summed E-state index contributed by atoms with van der Waals surface area (Å²) in [7, 11) is 1.33. The maximum Gasteiger partial charge on any atom is 0.339 e. The lowest BCUT2D eigenvalue weighted by molar-refractivity contribution is -0.164. The van der Waals surface area contributed by atoms with Gasteiger partial charge in [-0.2, -0.15) is 9.61 Å². The van der Waals surface area contributed by atoms with Gasteiger partial charge in [-0.1, -0.05) is 12.2 Å². The van der Waals surface area contributed by atoms with Crippen LogP contribution in [-0.4, -0.2) is 64.7 Å². The number of benzene rings is 2. The fourth-order valence-electron chi connectivity index (χ4n) is 6.36. The molecule has 1 aliphatic heterocycles. The Morgan fingerprint density at radius 3 is 2.43 bits per heavy atom. The molecule has 11 heteroatoms. The van der Waals surface area contributed by atoms with E-state index in [1.165, 1.54) is 31.4 Å². The topological polar surface area (TPSA) is 87.4 Å². The minimum absolute atomic E-state index is 0.224. The van der Waals surface area contributed by atoms with Crippen LogP contribution in [0.15, 0.2) is 67.8 Å². The molecule has 1 saturated heterocycles. The molecule has 0 unspecified atom stereocenters. The number of methoxy groups -OCH3 is 1. The minimum Gasteiger partial charge on any atom is -0.490 e. The van der Waals surface area contributed by atoms with Crippen molar-refractivity contribution < 1.29 is 32.5 Å². The van der Waals surface area contributed by atoms with Crippen LogP contribution in [0.1, 0.15) is 71.2 Å². The molecule has 4 aromatic rings. The molecule has 0 bridgehead atoms. The lowest BCUT2D eigenvalue weighted by Gasteiger charge is -2.41. The number of aromatic nitrogens is 3. The van der Waals surface area contributed by atoms with Crippen LogP contribution in [0, 0.1) is 18.6 Å². The van der Waals surface area contributed by atoms with Crippen molar-refractivity contribution in [3.05, 3.63) is 90.7 Å². The highest BCUT2D eigenvalue weighted by Crippen LogP contribution is 2.40. The van der Waals surface area contributed by atoms with Crippen molar-refractivity contribution in [2.45, 2.75) is 84.2 Å². The molecular weight excluding hydrogens is 654 g/mol. The van der Waals surface area contributed by atoms with Gasteiger partial charge in [0, 0.05) is 54.0 Å². The van der Waals surface area contributed by atoms with Crippen molar-refractivity contribution in [3.8, 4) is 28.1 Å². The van der Waals surface area contributed by atoms with E-state index < -0.39 is 29.3 Å². The van der Waals surface area contributed by atoms with E-state index in [4.69, 9.17) is 29.0 Å². The Bertz CT molecular complexity index is 1910. The van der Waals surface area contributed by atoms with Crippen LogP contribution in [0.5, 0.6) is 5.75 Å². The van der Waals surface area contributed by atoms with Gasteiger partial charge in [0.25, 0.3) is 0 Å². The fraction of sp³-hybridized carbons (Fsp3) is 0.425. The zero-order chi connectivity index (χ0) is 37.1. The molecular formula is C40H48F2N4O5. The number of hydrogen-bond acceptors (Lipinski definition) is 8. The molecule has 51 heavy (non-hydrogen) atoms. The van der Waals surface area contributed by atoms with Crippen LogP contribution in [0.25, 0.3) is 28.0 Å². The van der Waals surface area contributed by atoms with Gasteiger partial charge in [0.05, 0.1) is 42.3 Å². The maximum absolute atomic E-state index is 15.5. The molecule has 9 nitrogen and oxygen atoms in total. The highest BCUT2D eigenvalue weighted by atomic mass is 19.1. The largest absolute Gasteiger partial charge is 0.490 e. The summed E-state index contributed by atoms with van der Waals surface area (Å²) in [5, 5.41) is 5.02. The van der Waals surface area contributed by atoms with Gasteiger partial charge in [-0.15, -0.1) is 13.2 Å². The third kappa shape index (κ3) is 8.48. The molecule has 1 fully saturated rings. The molecule has 0 aliphatic carbocycles. The van der Waals surface area contributed by atoms with Crippen molar-refractivity contribution in [1.82, 2.24) is 14.6 Å². The molecule has 2 atom stereocenters. The van der Waals surface area contributed by atoms with Gasteiger partial charge in [0.2, 0.25) is 0 Å². The number of ether oxygens (including phenoxy) is 4. The van der Waals surface area contributed by atoms with Gasteiger partial charge in [-0.3, -0.25) is 0 Å². The average Bonchev–Trinajstić information content (AvgIpc) is 3.50. The molecule has 3 heterocycles. The lowest BCUT2D eigenvalue weighted by Crippen LogP contribution is -2.45. The summed E-state index contributed by atoms with van der Waals surface area (Å²) in [5.41, 5.74) is 2.40. The Morgan fingerprint density at radius 2 is 1.78 bits per heavy atom. The maximum atomic E-state index is 15.5. The Morgan fingerprint density at radius 1 is 1.06 bits per heavy atom. The van der Waals surface area contributed by atoms with Gasteiger partial charge in [-0.05, 0) is 84.7 Å². The monoisotopic (exact) mass is 702 g/mol. The van der Waals surface area contributed by atoms with Crippen molar-refractivity contribution in [2.75, 3.05) is 31.7 Å². The van der Waals surface area contributed by atoms with E-state index in [0.29, 0.717) is 65.7 Å². The molecule has 0 N–H and O–H groups in total. The summed E-state index contributed by atoms with van der Waals surface area (Å²) in [6, 6.07) is 10.5. The summed E-state index contributed by atoms with van der Waals surface area (Å²) in [5.74, 6) is -0.667. The Hall–Kier alpha value is -4.61. The molecule has 0 spiro atoms. The number of rotatable bonds is 13. The number of fused-ring (bicyclic) bond motifs is 1. The van der Waals surface area contributed by atoms with Crippen molar-refractivity contribution >= 4 is 17.4 Å². The number of halogens is 2. The van der Waals surface area contributed by atoms with Crippen LogP contribution in [0.3, 0.4) is 0 Å². The number of anilines is 1. The average molecular weight is 703 g/mol. The first kappa shape index (κ1) is 37.6. The normalized spacial score (nSPS) is 15.7. The van der Waals surface area contributed by atoms with E-state index >= 15 is 4.39 Å². The Labute approximate surface area is 298 Å². The lowest BCUT2D eigenvalue weighted by atomic mass is 9.92. The van der Waals surface area contributed by atoms with Gasteiger partial charge in [-0.25, -0.2) is 18.6 Å². The van der Waals surface area contributed by atoms with Crippen molar-refractivity contribution in [1.29, 1.82) is 0 Å². The van der Waals surface area contributed by atoms with Crippen LogP contribution < -0.4 is 9.64 Å². The number of carbonyl (C=O) groups is 1. The van der Waals surface area contributed by atoms with Gasteiger partial charge in [0.15, 0.2) is 11.8 Å². The van der Waals surface area contributed by atoms with Crippen LogP contribution in [0.2, 0.25) is 0 Å². The van der Waals surface area contributed by atoms with Gasteiger partial charge < -0.3 is 23.8 Å². The molecule has 2 aromatic carbocycles. The van der Waals surface area contributed by atoms with Crippen molar-refractivity contribution in [3.63, 3.8) is 0 Å². The highest BCUT2D eigenvalue weighted by molar-refractivity contribution is 5.81. The van der Waals surface area contributed by atoms with E-state index in [1.54, 1.807) is 28.8 Å². The third-order valence-electron chi connectivity index (χ3n) is 8.95. The Balaban J connectivity index is 1.66. The van der Waals surface area contributed by atoms with E-state index in [0.717, 1.165) is 12.8 Å². The number of hydrogen-bond donors (Lipinski definition) is 0. The van der Waals surface area contributed by atoms with Crippen molar-refractivity contribution in [2.24, 2.45) is 0 Å². The summed E-state index contributed by atoms with van der Waals surface area (Å²) in [6.45, 7) is 20.6. The van der Waals surface area contributed by atoms with E-state index in [2.05, 4.69) is 25.0 Å². The number of esters is 1. The first-order chi connectivity index (χ1) is 24.2. The second kappa shape index (κ2) is 15.3. The molecule has 5 rings (SSSR count). The second-order valence-electron chi connectivity index (χ2n) is 14.2. The van der Waals surface area contributed by atoms with E-state index in [1.807, 2.05) is 40.7 Å². The predicted molar refractivity (Wildman–Crippen MR) is 195 cm³/mol. The summed E-state index contributed by atoms with van der Waals surface area (Å²) in [4.78, 5) is 20.5. The third-order valence-corrected chi connectivity index (χ3v) is 8.95. The predicted octanol–water partition coefficient (Wildman–Crippen LogP) is 8.58. The number of nitrogens with zero attached hydrogens (tertiary/aromatic N) is 4. The number of carbonyl (C=O) groups excluding carboxylic acids is 1. The molecule has 1 aliphatic rings. The smallest absolute Gasteiger partial charge is 0.339 e. The molecule has 0 radical (unpaired) electrons. The summed E-state index contributed by atoms with van der Waals surface area (Å²) in [6.07, 6.45) is 4.04. The molecule has 272 valence electrons.